The molecule has 0 aromatic heterocycles. The summed E-state index contributed by atoms with van der Waals surface area (Å²) < 4.78 is 25.5. The Kier molecular flexibility index (Phi) is 5.44. The molecule has 0 bridgehead atoms. The van der Waals surface area contributed by atoms with E-state index in [4.69, 9.17) is 5.11 Å². The van der Waals surface area contributed by atoms with Gasteiger partial charge in [0.2, 0.25) is 0 Å². The number of hydrogen-bond donors (Lipinski definition) is 2. The molecule has 100 valence electrons. The predicted octanol–water partition coefficient (Wildman–Crippen LogP) is 2.72. The zero-order valence-electron chi connectivity index (χ0n) is 9.60. The van der Waals surface area contributed by atoms with Gasteiger partial charge in [0.05, 0.1) is 4.92 Å². The average Bonchev–Trinajstić information content (AvgIpc) is 2.34. The molecular weight excluding hydrogens is 246 g/mol. The lowest BCUT2D eigenvalue weighted by molar-refractivity contribution is -0.385. The Morgan fingerprint density at radius 3 is 2.67 bits per heavy atom. The Balaban J connectivity index is 2.80. The number of aliphatic hydroxyl groups excluding tert-OH is 1. The minimum atomic E-state index is -2.77. The van der Waals surface area contributed by atoms with Gasteiger partial charge in [-0.15, -0.1) is 0 Å². The average molecular weight is 260 g/mol. The third kappa shape index (κ3) is 3.92. The molecule has 0 atom stereocenters. The monoisotopic (exact) mass is 260 g/mol. The van der Waals surface area contributed by atoms with Gasteiger partial charge in [0, 0.05) is 36.5 Å². The van der Waals surface area contributed by atoms with Crippen molar-refractivity contribution < 1.29 is 18.8 Å². The first kappa shape index (κ1) is 14.3. The van der Waals surface area contributed by atoms with Crippen molar-refractivity contribution >= 4 is 11.4 Å². The number of anilines is 1. The summed E-state index contributed by atoms with van der Waals surface area (Å²) in [5.41, 5.74) is -0.548. The summed E-state index contributed by atoms with van der Waals surface area (Å²) in [7, 11) is 0. The number of hydrogen-bond acceptors (Lipinski definition) is 4. The first-order valence-electron chi connectivity index (χ1n) is 5.47. The minimum Gasteiger partial charge on any atom is -0.396 e. The van der Waals surface area contributed by atoms with Gasteiger partial charge in [-0.3, -0.25) is 10.1 Å². The molecule has 0 saturated carbocycles. The fraction of sp³-hybridized carbons (Fsp3) is 0.455. The van der Waals surface area contributed by atoms with Gasteiger partial charge in [-0.2, -0.15) is 0 Å². The van der Waals surface area contributed by atoms with Gasteiger partial charge < -0.3 is 10.4 Å². The fourth-order valence-electron chi connectivity index (χ4n) is 1.47. The molecule has 0 fully saturated rings. The maximum atomic E-state index is 12.7. The summed E-state index contributed by atoms with van der Waals surface area (Å²) in [5.74, 6) is 0. The van der Waals surface area contributed by atoms with Gasteiger partial charge in [0.1, 0.15) is 0 Å². The molecule has 5 nitrogen and oxygen atoms in total. The topological polar surface area (TPSA) is 75.4 Å². The van der Waals surface area contributed by atoms with Crippen molar-refractivity contribution in [2.75, 3.05) is 18.5 Å². The number of benzene rings is 1. The molecule has 7 heteroatoms. The van der Waals surface area contributed by atoms with Crippen molar-refractivity contribution in [3.63, 3.8) is 0 Å². The lowest BCUT2D eigenvalue weighted by atomic mass is 10.1. The number of nitrogens with one attached hydrogen (secondary N) is 1. The summed E-state index contributed by atoms with van der Waals surface area (Å²) in [6.45, 7) is 0.474. The van der Waals surface area contributed by atoms with Crippen LogP contribution in [0.1, 0.15) is 24.8 Å². The zero-order valence-corrected chi connectivity index (χ0v) is 9.60. The minimum absolute atomic E-state index is 0.0453. The highest BCUT2D eigenvalue weighted by atomic mass is 19.3. The molecule has 18 heavy (non-hydrogen) atoms. The molecular formula is C11H14F2N2O3. The Labute approximate surface area is 103 Å². The molecule has 0 amide bonds. The second kappa shape index (κ2) is 6.85. The molecule has 1 rings (SSSR count). The number of nitro benzene ring substituents is 1. The number of nitrogens with zero attached hydrogens (tertiary/aromatic N) is 1. The van der Waals surface area contributed by atoms with Crippen LogP contribution in [0.25, 0.3) is 0 Å². The molecule has 1 aromatic rings. The molecule has 0 aliphatic rings. The van der Waals surface area contributed by atoms with E-state index in [2.05, 4.69) is 5.32 Å². The van der Waals surface area contributed by atoms with Crippen molar-refractivity contribution in [2.24, 2.45) is 0 Å². The zero-order chi connectivity index (χ0) is 13.5. The van der Waals surface area contributed by atoms with Gasteiger partial charge in [-0.05, 0) is 18.9 Å². The molecule has 0 saturated heterocycles. The molecule has 0 spiro atoms. The highest BCUT2D eigenvalue weighted by Crippen LogP contribution is 2.30. The van der Waals surface area contributed by atoms with Crippen LogP contribution in [0.15, 0.2) is 18.2 Å². The van der Waals surface area contributed by atoms with Crippen LogP contribution in [0.3, 0.4) is 0 Å². The highest BCUT2D eigenvalue weighted by molar-refractivity contribution is 5.56. The van der Waals surface area contributed by atoms with Gasteiger partial charge >= 0.3 is 0 Å². The van der Waals surface area contributed by atoms with Crippen molar-refractivity contribution in [2.45, 2.75) is 19.3 Å². The largest absolute Gasteiger partial charge is 0.396 e. The van der Waals surface area contributed by atoms with Crippen LogP contribution in [0.5, 0.6) is 0 Å². The first-order chi connectivity index (χ1) is 8.56. The van der Waals surface area contributed by atoms with Gasteiger partial charge in [0.15, 0.2) is 0 Å². The molecule has 0 radical (unpaired) electrons. The van der Waals surface area contributed by atoms with Crippen LogP contribution in [0.2, 0.25) is 0 Å². The second-order valence-electron chi connectivity index (χ2n) is 3.69. The van der Waals surface area contributed by atoms with Gasteiger partial charge in [0.25, 0.3) is 12.1 Å². The van der Waals surface area contributed by atoms with Gasteiger partial charge in [-0.25, -0.2) is 8.78 Å². The van der Waals surface area contributed by atoms with E-state index in [9.17, 15) is 18.9 Å². The summed E-state index contributed by atoms with van der Waals surface area (Å²) in [5, 5.41) is 21.9. The molecule has 2 N–H and O–H groups in total. The summed E-state index contributed by atoms with van der Waals surface area (Å²) in [6, 6.07) is 3.33. The van der Waals surface area contributed by atoms with Gasteiger partial charge in [-0.1, -0.05) is 0 Å². The maximum absolute atomic E-state index is 12.7. The van der Waals surface area contributed by atoms with Crippen molar-refractivity contribution in [1.29, 1.82) is 0 Å². The van der Waals surface area contributed by atoms with Crippen molar-refractivity contribution in [3.8, 4) is 0 Å². The normalized spacial score (nSPS) is 10.7. The van der Waals surface area contributed by atoms with E-state index < -0.39 is 11.3 Å². The quantitative estimate of drug-likeness (QED) is 0.449. The number of nitro groups is 1. The van der Waals surface area contributed by atoms with Crippen LogP contribution in [-0.2, 0) is 0 Å². The Bertz CT molecular complexity index is 413. The number of unbranched alkanes of at least 4 members (excludes halogenated alkanes) is 1. The highest BCUT2D eigenvalue weighted by Gasteiger charge is 2.17. The summed E-state index contributed by atoms with van der Waals surface area (Å²) in [6.07, 6.45) is -1.56. The van der Waals surface area contributed by atoms with E-state index in [1.165, 1.54) is 12.1 Å². The summed E-state index contributed by atoms with van der Waals surface area (Å²) in [4.78, 5) is 9.79. The van der Waals surface area contributed by atoms with Crippen LogP contribution in [0, 0.1) is 10.1 Å². The fourth-order valence-corrected chi connectivity index (χ4v) is 1.47. The number of aliphatic hydroxyl groups is 1. The standard InChI is InChI=1S/C11H14F2N2O3/c12-11(13)9-7-8(15(17)18)3-4-10(9)14-5-1-2-6-16/h3-4,7,11,14,16H,1-2,5-6H2. The molecule has 0 heterocycles. The maximum Gasteiger partial charge on any atom is 0.270 e. The van der Waals surface area contributed by atoms with Crippen LogP contribution >= 0.6 is 0 Å². The smallest absolute Gasteiger partial charge is 0.270 e. The Hall–Kier alpha value is -1.76. The molecule has 1 aromatic carbocycles. The Morgan fingerprint density at radius 2 is 2.11 bits per heavy atom. The van der Waals surface area contributed by atoms with E-state index >= 15 is 0 Å². The molecule has 0 aliphatic heterocycles. The van der Waals surface area contributed by atoms with E-state index in [0.29, 0.717) is 19.4 Å². The van der Waals surface area contributed by atoms with E-state index in [1.807, 2.05) is 0 Å². The lowest BCUT2D eigenvalue weighted by Crippen LogP contribution is -2.05. The molecule has 0 aliphatic carbocycles. The molecule has 0 unspecified atom stereocenters. The van der Waals surface area contributed by atoms with Crippen molar-refractivity contribution in [3.05, 3.63) is 33.9 Å². The van der Waals surface area contributed by atoms with E-state index in [1.54, 1.807) is 0 Å². The third-order valence-electron chi connectivity index (χ3n) is 2.38. The number of halogens is 2. The second-order valence-corrected chi connectivity index (χ2v) is 3.69. The number of non-ortho nitro benzene ring substituents is 1. The predicted molar refractivity (Wildman–Crippen MR) is 62.9 cm³/mol. The van der Waals surface area contributed by atoms with E-state index in [0.717, 1.165) is 6.07 Å². The first-order valence-corrected chi connectivity index (χ1v) is 5.47. The third-order valence-corrected chi connectivity index (χ3v) is 2.38. The number of rotatable bonds is 7. The summed E-state index contributed by atoms with van der Waals surface area (Å²) >= 11 is 0. The van der Waals surface area contributed by atoms with Crippen molar-refractivity contribution in [1.82, 2.24) is 0 Å². The van der Waals surface area contributed by atoms with Crippen LogP contribution < -0.4 is 5.32 Å². The Morgan fingerprint density at radius 1 is 1.39 bits per heavy atom. The van der Waals surface area contributed by atoms with Crippen LogP contribution in [0.4, 0.5) is 20.2 Å². The lowest BCUT2D eigenvalue weighted by Gasteiger charge is -2.11. The SMILES string of the molecule is O=[N+]([O-])c1ccc(NCCCCO)c(C(F)F)c1. The van der Waals surface area contributed by atoms with E-state index in [-0.39, 0.29) is 23.5 Å². The number of alkyl halides is 2. The van der Waals surface area contributed by atoms with Crippen LogP contribution in [-0.4, -0.2) is 23.2 Å².